The van der Waals surface area contributed by atoms with Crippen LogP contribution in [0.5, 0.6) is 0 Å². The quantitative estimate of drug-likeness (QED) is 0.0212. The fraction of sp³-hybridized carbons (Fsp3) is 0.745. The fourth-order valence-corrected chi connectivity index (χ4v) is 6.29. The smallest absolute Gasteiger partial charge is 0.361 e. The number of hydrogen-bond donors (Lipinski definition) is 1. The third-order valence-electron chi connectivity index (χ3n) is 10.0. The van der Waals surface area contributed by atoms with Crippen molar-refractivity contribution < 1.29 is 42.9 Å². The number of hydrogen-bond acceptors (Lipinski definition) is 7. The van der Waals surface area contributed by atoms with Crippen molar-refractivity contribution in [2.45, 2.75) is 200 Å². The first kappa shape index (κ1) is 57.0. The summed E-state index contributed by atoms with van der Waals surface area (Å²) in [5.41, 5.74) is 0. The van der Waals surface area contributed by atoms with E-state index in [9.17, 15) is 19.5 Å². The van der Waals surface area contributed by atoms with Crippen LogP contribution in [0.25, 0.3) is 0 Å². The highest BCUT2D eigenvalue weighted by molar-refractivity contribution is 5.71. The van der Waals surface area contributed by atoms with E-state index in [2.05, 4.69) is 74.6 Å². The summed E-state index contributed by atoms with van der Waals surface area (Å²) < 4.78 is 22.7. The minimum Gasteiger partial charge on any atom is -0.477 e. The van der Waals surface area contributed by atoms with Gasteiger partial charge >= 0.3 is 17.9 Å². The topological polar surface area (TPSA) is 108 Å². The second kappa shape index (κ2) is 42.7. The van der Waals surface area contributed by atoms with Crippen LogP contribution in [0.3, 0.4) is 0 Å². The number of allylic oxidation sites excluding steroid dienone is 10. The fourth-order valence-electron chi connectivity index (χ4n) is 6.29. The van der Waals surface area contributed by atoms with Crippen molar-refractivity contribution in [3.63, 3.8) is 0 Å². The molecule has 2 unspecified atom stereocenters. The number of quaternary nitrogens is 1. The van der Waals surface area contributed by atoms with Crippen molar-refractivity contribution in [2.75, 3.05) is 47.5 Å². The maximum absolute atomic E-state index is 12.8. The molecule has 0 aromatic heterocycles. The van der Waals surface area contributed by atoms with Gasteiger partial charge in [-0.2, -0.15) is 0 Å². The molecule has 0 heterocycles. The molecule has 0 aromatic rings. The number of likely N-dealkylation sites (N-methyl/N-ethyl adjacent to an activating group) is 1. The van der Waals surface area contributed by atoms with Crippen LogP contribution >= 0.6 is 0 Å². The Morgan fingerprint density at radius 1 is 0.517 bits per heavy atom. The predicted molar refractivity (Wildman–Crippen MR) is 249 cm³/mol. The van der Waals surface area contributed by atoms with E-state index in [1.165, 1.54) is 77.0 Å². The highest BCUT2D eigenvalue weighted by Crippen LogP contribution is 2.13. The minimum absolute atomic E-state index is 0.179. The van der Waals surface area contributed by atoms with Crippen LogP contribution in [-0.4, -0.2) is 87.4 Å². The van der Waals surface area contributed by atoms with Crippen molar-refractivity contribution in [1.29, 1.82) is 0 Å². The van der Waals surface area contributed by atoms with Gasteiger partial charge in [-0.3, -0.25) is 9.59 Å². The van der Waals surface area contributed by atoms with Crippen LogP contribution < -0.4 is 0 Å². The lowest BCUT2D eigenvalue weighted by Crippen LogP contribution is -2.40. The lowest BCUT2D eigenvalue weighted by Gasteiger charge is -2.25. The average molecular weight is 845 g/mol. The standard InChI is InChI=1S/C51H89NO8/c1-6-8-10-12-14-16-18-20-22-24-26-27-29-31-33-35-37-39-41-48(53)58-45-47(46-59-51(50(55)56)57-44-43-52(3,4)5)60-49(54)42-40-38-36-34-32-30-28-25-23-21-19-17-15-13-11-9-7-2/h9,11,15,17,21-24,28,30,47,51H,6-8,10,12-14,16,18-20,25-27,29,31-46H2,1-5H3/p+1/b11-9-,17-15-,23-21-,24-22-,30-28-. The molecule has 0 spiro atoms. The summed E-state index contributed by atoms with van der Waals surface area (Å²) in [6, 6.07) is 0. The number of esters is 2. The summed E-state index contributed by atoms with van der Waals surface area (Å²) in [6.07, 6.45) is 48.5. The second-order valence-corrected chi connectivity index (χ2v) is 17.0. The van der Waals surface area contributed by atoms with E-state index in [4.69, 9.17) is 18.9 Å². The zero-order valence-corrected chi connectivity index (χ0v) is 39.1. The molecule has 60 heavy (non-hydrogen) atoms. The summed E-state index contributed by atoms with van der Waals surface area (Å²) in [4.78, 5) is 37.2. The summed E-state index contributed by atoms with van der Waals surface area (Å²) >= 11 is 0. The molecule has 1 N–H and O–H groups in total. The summed E-state index contributed by atoms with van der Waals surface area (Å²) in [7, 11) is 5.94. The molecule has 0 amide bonds. The van der Waals surface area contributed by atoms with Crippen LogP contribution in [-0.2, 0) is 33.3 Å². The number of carbonyl (C=O) groups excluding carboxylic acids is 2. The maximum atomic E-state index is 12.8. The van der Waals surface area contributed by atoms with Gasteiger partial charge in [-0.1, -0.05) is 158 Å². The van der Waals surface area contributed by atoms with Gasteiger partial charge in [-0.25, -0.2) is 4.79 Å². The zero-order valence-electron chi connectivity index (χ0n) is 39.1. The van der Waals surface area contributed by atoms with Gasteiger partial charge in [-0.15, -0.1) is 0 Å². The van der Waals surface area contributed by atoms with Crippen LogP contribution in [0.4, 0.5) is 0 Å². The van der Waals surface area contributed by atoms with Gasteiger partial charge in [0.2, 0.25) is 0 Å². The summed E-state index contributed by atoms with van der Waals surface area (Å²) in [5, 5.41) is 9.65. The molecule has 0 aliphatic carbocycles. The number of rotatable bonds is 43. The lowest BCUT2D eigenvalue weighted by molar-refractivity contribution is -0.870. The van der Waals surface area contributed by atoms with Crippen LogP contribution in [0, 0.1) is 0 Å². The minimum atomic E-state index is -1.52. The van der Waals surface area contributed by atoms with E-state index in [1.807, 2.05) is 21.1 Å². The predicted octanol–water partition coefficient (Wildman–Crippen LogP) is 12.9. The molecule has 346 valence electrons. The zero-order chi connectivity index (χ0) is 44.2. The first-order valence-corrected chi connectivity index (χ1v) is 24.0. The Labute approximate surface area is 367 Å². The number of nitrogens with zero attached hydrogens (tertiary/aromatic N) is 1. The van der Waals surface area contributed by atoms with Crippen molar-refractivity contribution in [3.05, 3.63) is 60.8 Å². The normalized spacial score (nSPS) is 13.4. The van der Waals surface area contributed by atoms with E-state index in [0.717, 1.165) is 77.0 Å². The SMILES string of the molecule is CC/C=C\C/C=C\C/C=C\C/C=C\CCCCCCC(=O)OC(COC(=O)CCCCCCCCC/C=C\CCCCCCCCC)COC(OCC[N+](C)(C)C)C(=O)O. The van der Waals surface area contributed by atoms with Gasteiger partial charge in [0, 0.05) is 12.8 Å². The second-order valence-electron chi connectivity index (χ2n) is 17.0. The molecular weight excluding hydrogens is 755 g/mol. The summed E-state index contributed by atoms with van der Waals surface area (Å²) in [5.74, 6) is -2.05. The Hall–Kier alpha value is -3.01. The Kier molecular flexibility index (Phi) is 40.5. The van der Waals surface area contributed by atoms with E-state index in [-0.39, 0.29) is 38.6 Å². The highest BCUT2D eigenvalue weighted by Gasteiger charge is 2.25. The van der Waals surface area contributed by atoms with Crippen LogP contribution in [0.1, 0.15) is 187 Å². The first-order chi connectivity index (χ1) is 29.1. The average Bonchev–Trinajstić information content (AvgIpc) is 3.21. The number of carboxylic acids is 1. The van der Waals surface area contributed by atoms with E-state index >= 15 is 0 Å². The van der Waals surface area contributed by atoms with Gasteiger partial charge in [0.1, 0.15) is 13.2 Å². The Morgan fingerprint density at radius 3 is 1.43 bits per heavy atom. The molecule has 0 aliphatic rings. The molecule has 2 atom stereocenters. The monoisotopic (exact) mass is 845 g/mol. The molecule has 9 heteroatoms. The first-order valence-electron chi connectivity index (χ1n) is 24.0. The molecule has 0 saturated carbocycles. The van der Waals surface area contributed by atoms with Gasteiger partial charge < -0.3 is 28.5 Å². The Bertz CT molecular complexity index is 1170. The third kappa shape index (κ3) is 43.1. The highest BCUT2D eigenvalue weighted by atomic mass is 16.7. The van der Waals surface area contributed by atoms with Crippen LogP contribution in [0.2, 0.25) is 0 Å². The molecule has 0 aromatic carbocycles. The number of unbranched alkanes of at least 4 members (excludes halogenated alkanes) is 18. The molecule has 0 radical (unpaired) electrons. The Morgan fingerprint density at radius 2 is 0.950 bits per heavy atom. The van der Waals surface area contributed by atoms with Gasteiger partial charge in [0.25, 0.3) is 6.29 Å². The Balaban J connectivity index is 4.45. The number of aliphatic carboxylic acids is 1. The van der Waals surface area contributed by atoms with Crippen LogP contribution in [0.15, 0.2) is 60.8 Å². The van der Waals surface area contributed by atoms with Crippen molar-refractivity contribution >= 4 is 17.9 Å². The molecule has 0 bridgehead atoms. The van der Waals surface area contributed by atoms with Crippen molar-refractivity contribution in [2.24, 2.45) is 0 Å². The van der Waals surface area contributed by atoms with Crippen molar-refractivity contribution in [3.8, 4) is 0 Å². The summed E-state index contributed by atoms with van der Waals surface area (Å²) in [6.45, 7) is 4.72. The maximum Gasteiger partial charge on any atom is 0.361 e. The molecule has 0 fully saturated rings. The van der Waals surface area contributed by atoms with Gasteiger partial charge in [-0.05, 0) is 77.0 Å². The molecule has 0 aliphatic heterocycles. The van der Waals surface area contributed by atoms with Crippen molar-refractivity contribution in [1.82, 2.24) is 0 Å². The van der Waals surface area contributed by atoms with Gasteiger partial charge in [0.05, 0.1) is 34.4 Å². The van der Waals surface area contributed by atoms with Gasteiger partial charge in [0.15, 0.2) is 6.10 Å². The number of carbonyl (C=O) groups is 3. The third-order valence-corrected chi connectivity index (χ3v) is 10.0. The lowest BCUT2D eigenvalue weighted by atomic mass is 10.1. The van der Waals surface area contributed by atoms with E-state index < -0.39 is 24.3 Å². The largest absolute Gasteiger partial charge is 0.477 e. The van der Waals surface area contributed by atoms with E-state index in [1.54, 1.807) is 0 Å². The number of ether oxygens (including phenoxy) is 4. The molecule has 9 nitrogen and oxygen atoms in total. The molecule has 0 saturated heterocycles. The van der Waals surface area contributed by atoms with E-state index in [0.29, 0.717) is 17.4 Å². The number of carboxylic acid groups (broad SMARTS) is 1. The molecule has 0 rings (SSSR count). The molecular formula is C51H90NO8+.